The van der Waals surface area contributed by atoms with Crippen LogP contribution in [0.5, 0.6) is 0 Å². The van der Waals surface area contributed by atoms with Crippen molar-refractivity contribution in [3.63, 3.8) is 0 Å². The van der Waals surface area contributed by atoms with Crippen molar-refractivity contribution < 1.29 is 5.11 Å². The van der Waals surface area contributed by atoms with Gasteiger partial charge in [0.2, 0.25) is 0 Å². The van der Waals surface area contributed by atoms with Crippen LogP contribution in [0.25, 0.3) is 0 Å². The second-order valence-corrected chi connectivity index (χ2v) is 4.77. The topological polar surface area (TPSA) is 20.2 Å². The first-order valence-electron chi connectivity index (χ1n) is 5.56. The van der Waals surface area contributed by atoms with E-state index in [0.717, 1.165) is 0 Å². The van der Waals surface area contributed by atoms with Crippen LogP contribution in [0, 0.1) is 5.92 Å². The van der Waals surface area contributed by atoms with Gasteiger partial charge in [0, 0.05) is 5.92 Å². The molecule has 1 N–H and O–H groups in total. The van der Waals surface area contributed by atoms with Crippen molar-refractivity contribution in [3.8, 4) is 0 Å². The van der Waals surface area contributed by atoms with E-state index in [0.29, 0.717) is 17.8 Å². The molecule has 74 valence electrons. The summed E-state index contributed by atoms with van der Waals surface area (Å²) in [5, 5.41) is 10.1. The van der Waals surface area contributed by atoms with Crippen molar-refractivity contribution in [1.82, 2.24) is 0 Å². The SMILES string of the molecule is C[C@@H]1[C@@H](O)[C@H]2CC[C@@H]1c1ccccc12. The maximum atomic E-state index is 10.1. The predicted octanol–water partition coefficient (Wildman–Crippen LogP) is 2.66. The molecule has 0 amide bonds. The zero-order valence-electron chi connectivity index (χ0n) is 8.48. The molecule has 0 radical (unpaired) electrons. The normalized spacial score (nSPS) is 39.6. The first-order chi connectivity index (χ1) is 6.79. The highest BCUT2D eigenvalue weighted by Crippen LogP contribution is 2.51. The van der Waals surface area contributed by atoms with Crippen molar-refractivity contribution in [2.45, 2.75) is 37.7 Å². The van der Waals surface area contributed by atoms with E-state index in [1.165, 1.54) is 24.0 Å². The third kappa shape index (κ3) is 0.936. The molecule has 2 bridgehead atoms. The van der Waals surface area contributed by atoms with Crippen LogP contribution in [0.2, 0.25) is 0 Å². The van der Waals surface area contributed by atoms with Crippen LogP contribution in [-0.2, 0) is 0 Å². The zero-order valence-corrected chi connectivity index (χ0v) is 8.48. The molecule has 1 saturated carbocycles. The molecule has 0 unspecified atom stereocenters. The fraction of sp³-hybridized carbons (Fsp3) is 0.538. The molecule has 0 saturated heterocycles. The summed E-state index contributed by atoms with van der Waals surface area (Å²) in [5.74, 6) is 1.46. The van der Waals surface area contributed by atoms with E-state index in [1.54, 1.807) is 0 Å². The summed E-state index contributed by atoms with van der Waals surface area (Å²) in [4.78, 5) is 0. The summed E-state index contributed by atoms with van der Waals surface area (Å²) in [6.07, 6.45) is 2.33. The fourth-order valence-electron chi connectivity index (χ4n) is 3.36. The van der Waals surface area contributed by atoms with E-state index in [9.17, 15) is 5.11 Å². The highest BCUT2D eigenvalue weighted by molar-refractivity contribution is 5.40. The van der Waals surface area contributed by atoms with Gasteiger partial charge >= 0.3 is 0 Å². The Bertz CT molecular complexity index is 323. The Hall–Kier alpha value is -0.820. The minimum absolute atomic E-state index is 0.108. The third-order valence-electron chi connectivity index (χ3n) is 4.17. The molecule has 4 rings (SSSR count). The van der Waals surface area contributed by atoms with Gasteiger partial charge in [-0.1, -0.05) is 31.2 Å². The molecule has 0 heterocycles. The summed E-state index contributed by atoms with van der Waals surface area (Å²) >= 11 is 0. The summed E-state index contributed by atoms with van der Waals surface area (Å²) in [6.45, 7) is 2.19. The van der Waals surface area contributed by atoms with Gasteiger partial charge in [-0.3, -0.25) is 0 Å². The van der Waals surface area contributed by atoms with E-state index >= 15 is 0 Å². The highest BCUT2D eigenvalue weighted by Gasteiger charge is 2.43. The molecule has 4 atom stereocenters. The lowest BCUT2D eigenvalue weighted by atomic mass is 9.61. The van der Waals surface area contributed by atoms with Crippen molar-refractivity contribution in [2.24, 2.45) is 5.92 Å². The number of hydrogen-bond acceptors (Lipinski definition) is 1. The van der Waals surface area contributed by atoms with Crippen LogP contribution in [0.4, 0.5) is 0 Å². The molecule has 1 fully saturated rings. The van der Waals surface area contributed by atoms with Gasteiger partial charge in [-0.2, -0.15) is 0 Å². The molecule has 3 aliphatic carbocycles. The van der Waals surface area contributed by atoms with Crippen molar-refractivity contribution in [3.05, 3.63) is 35.4 Å². The lowest BCUT2D eigenvalue weighted by Crippen LogP contribution is -2.40. The van der Waals surface area contributed by atoms with Gasteiger partial charge in [-0.15, -0.1) is 0 Å². The molecule has 0 spiro atoms. The van der Waals surface area contributed by atoms with Gasteiger partial charge in [0.25, 0.3) is 0 Å². The highest BCUT2D eigenvalue weighted by atomic mass is 16.3. The summed E-state index contributed by atoms with van der Waals surface area (Å²) < 4.78 is 0. The molecule has 1 aromatic carbocycles. The number of hydrogen-bond donors (Lipinski definition) is 1. The van der Waals surface area contributed by atoms with E-state index in [2.05, 4.69) is 31.2 Å². The zero-order chi connectivity index (χ0) is 9.71. The quantitative estimate of drug-likeness (QED) is 0.663. The average Bonchev–Trinajstić information content (AvgIpc) is 2.24. The van der Waals surface area contributed by atoms with Gasteiger partial charge in [-0.25, -0.2) is 0 Å². The van der Waals surface area contributed by atoms with E-state index in [-0.39, 0.29) is 6.10 Å². The molecule has 3 aliphatic rings. The molecular formula is C13H16O. The predicted molar refractivity (Wildman–Crippen MR) is 56.3 cm³/mol. The fourth-order valence-corrected chi connectivity index (χ4v) is 3.36. The van der Waals surface area contributed by atoms with Crippen LogP contribution in [-0.4, -0.2) is 11.2 Å². The lowest BCUT2D eigenvalue weighted by Gasteiger charge is -2.46. The molecule has 1 nitrogen and oxygen atoms in total. The van der Waals surface area contributed by atoms with Crippen molar-refractivity contribution >= 4 is 0 Å². The minimum atomic E-state index is -0.108. The Balaban J connectivity index is 2.17. The van der Waals surface area contributed by atoms with Crippen LogP contribution in [0.3, 0.4) is 0 Å². The first kappa shape index (κ1) is 8.49. The van der Waals surface area contributed by atoms with Crippen LogP contribution >= 0.6 is 0 Å². The van der Waals surface area contributed by atoms with E-state index < -0.39 is 0 Å². The number of aliphatic hydroxyl groups is 1. The Kier molecular flexibility index (Phi) is 1.72. The Labute approximate surface area is 84.8 Å². The molecule has 1 aromatic rings. The van der Waals surface area contributed by atoms with Gasteiger partial charge < -0.3 is 5.11 Å². The number of benzene rings is 1. The van der Waals surface area contributed by atoms with Crippen LogP contribution < -0.4 is 0 Å². The first-order valence-corrected chi connectivity index (χ1v) is 5.56. The van der Waals surface area contributed by atoms with E-state index in [1.807, 2.05) is 0 Å². The summed E-state index contributed by atoms with van der Waals surface area (Å²) in [7, 11) is 0. The maximum Gasteiger partial charge on any atom is 0.0640 e. The monoisotopic (exact) mass is 188 g/mol. The summed E-state index contributed by atoms with van der Waals surface area (Å²) in [6, 6.07) is 8.66. The van der Waals surface area contributed by atoms with Crippen molar-refractivity contribution in [1.29, 1.82) is 0 Å². The largest absolute Gasteiger partial charge is 0.392 e. The molecule has 0 aromatic heterocycles. The van der Waals surface area contributed by atoms with Gasteiger partial charge in [-0.05, 0) is 35.8 Å². The second-order valence-electron chi connectivity index (χ2n) is 4.77. The molecule has 1 heteroatoms. The molecular weight excluding hydrogens is 172 g/mol. The molecule has 0 aliphatic heterocycles. The summed E-state index contributed by atoms with van der Waals surface area (Å²) in [5.41, 5.74) is 2.91. The Morgan fingerprint density at radius 3 is 2.36 bits per heavy atom. The minimum Gasteiger partial charge on any atom is -0.392 e. The Morgan fingerprint density at radius 1 is 1.07 bits per heavy atom. The second kappa shape index (κ2) is 2.83. The number of rotatable bonds is 0. The average molecular weight is 188 g/mol. The standard InChI is InChI=1S/C13H16O/c1-8-9-6-7-12(13(8)14)11-5-3-2-4-10(9)11/h2-5,8-9,12-14H,6-7H2,1H3/t8-,9-,12-,13+/m0/s1. The lowest BCUT2D eigenvalue weighted by molar-refractivity contribution is 0.0318. The van der Waals surface area contributed by atoms with Gasteiger partial charge in [0.1, 0.15) is 0 Å². The molecule has 14 heavy (non-hydrogen) atoms. The maximum absolute atomic E-state index is 10.1. The van der Waals surface area contributed by atoms with Gasteiger partial charge in [0.05, 0.1) is 6.10 Å². The van der Waals surface area contributed by atoms with Crippen LogP contribution in [0.15, 0.2) is 24.3 Å². The van der Waals surface area contributed by atoms with Gasteiger partial charge in [0.15, 0.2) is 0 Å². The van der Waals surface area contributed by atoms with Crippen LogP contribution in [0.1, 0.15) is 42.7 Å². The number of fused-ring (bicyclic) bond motifs is 2. The number of aliphatic hydroxyl groups excluding tert-OH is 1. The third-order valence-corrected chi connectivity index (χ3v) is 4.17. The smallest absolute Gasteiger partial charge is 0.0640 e. The van der Waals surface area contributed by atoms with Crippen molar-refractivity contribution in [2.75, 3.05) is 0 Å². The Morgan fingerprint density at radius 2 is 1.64 bits per heavy atom. The van der Waals surface area contributed by atoms with E-state index in [4.69, 9.17) is 0 Å².